The third-order valence-corrected chi connectivity index (χ3v) is 6.97. The molecule has 1 saturated carbocycles. The van der Waals surface area contributed by atoms with Gasteiger partial charge in [-0.3, -0.25) is 4.79 Å². The number of rotatable bonds is 4. The highest BCUT2D eigenvalue weighted by atomic mass is 16.2. The van der Waals surface area contributed by atoms with E-state index in [1.165, 1.54) is 5.69 Å². The lowest BCUT2D eigenvalue weighted by atomic mass is 9.87. The number of anilines is 1. The van der Waals surface area contributed by atoms with Crippen LogP contribution in [0.2, 0.25) is 0 Å². The van der Waals surface area contributed by atoms with Gasteiger partial charge in [-0.05, 0) is 44.2 Å². The van der Waals surface area contributed by atoms with Crippen LogP contribution in [-0.4, -0.2) is 59.6 Å². The molecule has 5 rings (SSSR count). The van der Waals surface area contributed by atoms with Crippen molar-refractivity contribution >= 4 is 22.6 Å². The second-order valence-electron chi connectivity index (χ2n) is 8.78. The number of carbonyl (C=O) groups is 1. The van der Waals surface area contributed by atoms with E-state index in [2.05, 4.69) is 45.1 Å². The number of nitrogens with one attached hydrogen (secondary N) is 1. The van der Waals surface area contributed by atoms with Gasteiger partial charge in [0.2, 0.25) is 5.91 Å². The number of carbonyl (C=O) groups excluding carboxylic acids is 1. The molecule has 0 atom stereocenters. The van der Waals surface area contributed by atoms with Crippen molar-refractivity contribution in [3.8, 4) is 17.3 Å². The fourth-order valence-electron chi connectivity index (χ4n) is 4.83. The molecule has 3 heterocycles. The second kappa shape index (κ2) is 8.29. The molecule has 0 radical (unpaired) electrons. The van der Waals surface area contributed by atoms with Crippen LogP contribution in [0.5, 0.6) is 0 Å². The molecule has 1 amide bonds. The Morgan fingerprint density at radius 3 is 2.44 bits per heavy atom. The minimum absolute atomic E-state index is 0.147. The largest absolute Gasteiger partial charge is 0.368 e. The number of piperazine rings is 1. The highest BCUT2D eigenvalue weighted by Crippen LogP contribution is 2.36. The van der Waals surface area contributed by atoms with Gasteiger partial charge in [0.05, 0.1) is 11.3 Å². The van der Waals surface area contributed by atoms with Gasteiger partial charge >= 0.3 is 0 Å². The topological polar surface area (TPSA) is 77.2 Å². The highest BCUT2D eigenvalue weighted by molar-refractivity contribution is 5.86. The third-order valence-electron chi connectivity index (χ3n) is 6.97. The summed E-state index contributed by atoms with van der Waals surface area (Å²) in [7, 11) is 2.00. The molecule has 32 heavy (non-hydrogen) atoms. The summed E-state index contributed by atoms with van der Waals surface area (Å²) in [6.07, 6.45) is 4.08. The average molecular weight is 429 g/mol. The Labute approximate surface area is 188 Å². The fraction of sp³-hybridized carbons (Fsp3) is 0.400. The normalized spacial score (nSPS) is 20.8. The number of aromatic nitrogens is 2. The summed E-state index contributed by atoms with van der Waals surface area (Å²) in [6.45, 7) is 4.87. The maximum Gasteiger partial charge on any atom is 0.219 e. The van der Waals surface area contributed by atoms with E-state index in [1.807, 2.05) is 30.3 Å². The molecule has 7 heteroatoms. The van der Waals surface area contributed by atoms with Crippen LogP contribution in [0.25, 0.3) is 22.3 Å². The van der Waals surface area contributed by atoms with E-state index in [0.29, 0.717) is 17.6 Å². The van der Waals surface area contributed by atoms with Gasteiger partial charge in [-0.1, -0.05) is 12.1 Å². The molecule has 164 valence electrons. The summed E-state index contributed by atoms with van der Waals surface area (Å²) in [4.78, 5) is 20.7. The first-order valence-electron chi connectivity index (χ1n) is 11.3. The van der Waals surface area contributed by atoms with Crippen molar-refractivity contribution in [3.63, 3.8) is 0 Å². The van der Waals surface area contributed by atoms with Crippen molar-refractivity contribution in [3.05, 3.63) is 48.2 Å². The number of amides is 1. The minimum Gasteiger partial charge on any atom is -0.368 e. The summed E-state index contributed by atoms with van der Waals surface area (Å²) >= 11 is 0. The van der Waals surface area contributed by atoms with Crippen LogP contribution < -0.4 is 10.2 Å². The summed E-state index contributed by atoms with van der Waals surface area (Å²) < 4.78 is 2.19. The first kappa shape index (κ1) is 20.5. The predicted octanol–water partition coefficient (Wildman–Crippen LogP) is 3.17. The zero-order chi connectivity index (χ0) is 22.2. The van der Waals surface area contributed by atoms with Crippen molar-refractivity contribution in [1.29, 1.82) is 5.26 Å². The molecular formula is C25H28N6O. The van der Waals surface area contributed by atoms with E-state index in [0.717, 1.165) is 61.3 Å². The minimum atomic E-state index is 0.147. The fourth-order valence-corrected chi connectivity index (χ4v) is 4.83. The predicted molar refractivity (Wildman–Crippen MR) is 125 cm³/mol. The van der Waals surface area contributed by atoms with Crippen LogP contribution in [0.15, 0.2) is 42.6 Å². The molecule has 2 fully saturated rings. The number of nitriles is 1. The van der Waals surface area contributed by atoms with Crippen LogP contribution in [-0.2, 0) is 4.79 Å². The van der Waals surface area contributed by atoms with Gasteiger partial charge in [-0.2, -0.15) is 5.26 Å². The lowest BCUT2D eigenvalue weighted by Crippen LogP contribution is -2.48. The third kappa shape index (κ3) is 3.61. The smallest absolute Gasteiger partial charge is 0.219 e. The number of fused-ring (bicyclic) bond motifs is 1. The maximum absolute atomic E-state index is 11.6. The van der Waals surface area contributed by atoms with Crippen molar-refractivity contribution in [2.75, 3.05) is 38.1 Å². The molecule has 1 aromatic carbocycles. The molecule has 1 N–H and O–H groups in total. The zero-order valence-electron chi connectivity index (χ0n) is 18.6. The molecule has 0 unspecified atom stereocenters. The number of pyridine rings is 1. The average Bonchev–Trinajstić information content (AvgIpc) is 3.16. The van der Waals surface area contributed by atoms with Gasteiger partial charge in [0.1, 0.15) is 11.7 Å². The van der Waals surface area contributed by atoms with E-state index < -0.39 is 0 Å². The Morgan fingerprint density at radius 1 is 1.09 bits per heavy atom. The number of nitrogens with zero attached hydrogens (tertiary/aromatic N) is 5. The van der Waals surface area contributed by atoms with Crippen molar-refractivity contribution in [1.82, 2.24) is 19.8 Å². The summed E-state index contributed by atoms with van der Waals surface area (Å²) in [5.74, 6) is 0.147. The number of benzene rings is 1. The van der Waals surface area contributed by atoms with E-state index in [9.17, 15) is 10.1 Å². The SMILES string of the molecule is CNC1CC(n2cc(C#N)c3ccc(-c4ccc(N5CCN(C(C)=O)CC5)cc4)nc32)C1. The standard InChI is InChI=1S/C25H28N6O/c1-17(32)29-9-11-30(12-10-29)21-5-3-18(4-6-21)24-8-7-23-19(15-26)16-31(25(23)28-24)22-13-20(14-22)27-2/h3-8,16,20,22,27H,9-14H2,1-2H3. The Hall–Kier alpha value is -3.37. The molecule has 1 aliphatic heterocycles. The van der Waals surface area contributed by atoms with Gasteiger partial charge in [-0.15, -0.1) is 0 Å². The zero-order valence-corrected chi connectivity index (χ0v) is 18.6. The van der Waals surface area contributed by atoms with Crippen molar-refractivity contribution < 1.29 is 4.79 Å². The van der Waals surface area contributed by atoms with E-state index >= 15 is 0 Å². The van der Waals surface area contributed by atoms with Gasteiger partial charge in [-0.25, -0.2) is 4.98 Å². The first-order valence-corrected chi connectivity index (χ1v) is 11.3. The second-order valence-corrected chi connectivity index (χ2v) is 8.78. The molecule has 1 aliphatic carbocycles. The van der Waals surface area contributed by atoms with Crippen molar-refractivity contribution in [2.45, 2.75) is 31.8 Å². The van der Waals surface area contributed by atoms with Gasteiger partial charge in [0.25, 0.3) is 0 Å². The molecular weight excluding hydrogens is 400 g/mol. The number of hydrogen-bond acceptors (Lipinski definition) is 5. The number of hydrogen-bond donors (Lipinski definition) is 1. The Balaban J connectivity index is 1.39. The highest BCUT2D eigenvalue weighted by Gasteiger charge is 2.31. The van der Waals surface area contributed by atoms with Crippen LogP contribution in [0.3, 0.4) is 0 Å². The van der Waals surface area contributed by atoms with Gasteiger partial charge in [0, 0.05) is 68.0 Å². The van der Waals surface area contributed by atoms with Crippen LogP contribution >= 0.6 is 0 Å². The van der Waals surface area contributed by atoms with E-state index in [4.69, 9.17) is 4.98 Å². The monoisotopic (exact) mass is 428 g/mol. The van der Waals surface area contributed by atoms with E-state index in [1.54, 1.807) is 6.92 Å². The summed E-state index contributed by atoms with van der Waals surface area (Å²) in [5.41, 5.74) is 4.72. The molecule has 2 aromatic heterocycles. The molecule has 2 aliphatic rings. The van der Waals surface area contributed by atoms with Gasteiger partial charge in [0.15, 0.2) is 0 Å². The molecule has 3 aromatic rings. The molecule has 1 saturated heterocycles. The van der Waals surface area contributed by atoms with Crippen molar-refractivity contribution in [2.24, 2.45) is 0 Å². The maximum atomic E-state index is 11.6. The van der Waals surface area contributed by atoms with Crippen LogP contribution in [0.4, 0.5) is 5.69 Å². The lowest BCUT2D eigenvalue weighted by molar-refractivity contribution is -0.129. The van der Waals surface area contributed by atoms with Crippen LogP contribution in [0, 0.1) is 11.3 Å². The quantitative estimate of drug-likeness (QED) is 0.691. The molecule has 0 spiro atoms. The Morgan fingerprint density at radius 2 is 1.81 bits per heavy atom. The van der Waals surface area contributed by atoms with Gasteiger partial charge < -0.3 is 19.7 Å². The lowest BCUT2D eigenvalue weighted by Gasteiger charge is -2.36. The Bertz CT molecular complexity index is 1180. The molecule has 0 bridgehead atoms. The first-order chi connectivity index (χ1) is 15.6. The van der Waals surface area contributed by atoms with Crippen LogP contribution in [0.1, 0.15) is 31.4 Å². The molecule has 7 nitrogen and oxygen atoms in total. The van der Waals surface area contributed by atoms with E-state index in [-0.39, 0.29) is 5.91 Å². The summed E-state index contributed by atoms with van der Waals surface area (Å²) in [6, 6.07) is 15.8. The Kier molecular flexibility index (Phi) is 5.32. The summed E-state index contributed by atoms with van der Waals surface area (Å²) in [5, 5.41) is 13.8.